The molecule has 0 bridgehead atoms. The van der Waals surface area contributed by atoms with Gasteiger partial charge in [-0.05, 0) is 25.7 Å². The van der Waals surface area contributed by atoms with Crippen LogP contribution in [0.2, 0.25) is 0 Å². The largest absolute Gasteiger partial charge is 0.463 e. The summed E-state index contributed by atoms with van der Waals surface area (Å²) in [5, 5.41) is 0. The summed E-state index contributed by atoms with van der Waals surface area (Å²) in [7, 11) is 1.38. The van der Waals surface area contributed by atoms with Crippen molar-refractivity contribution in [1.29, 1.82) is 0 Å². The Labute approximate surface area is 89.0 Å². The molecule has 1 aromatic rings. The quantitative estimate of drug-likeness (QED) is 0.716. The van der Waals surface area contributed by atoms with Gasteiger partial charge in [-0.3, -0.25) is 0 Å². The van der Waals surface area contributed by atoms with Crippen molar-refractivity contribution in [3.05, 3.63) is 17.2 Å². The summed E-state index contributed by atoms with van der Waals surface area (Å²) in [6.45, 7) is 0. The topological polar surface area (TPSA) is 55.0 Å². The zero-order valence-electron chi connectivity index (χ0n) is 9.01. The minimum absolute atomic E-state index is 0.351. The van der Waals surface area contributed by atoms with Gasteiger partial charge in [0.15, 0.2) is 0 Å². The number of aromatic amines is 1. The Kier molecular flexibility index (Phi) is 3.04. The maximum absolute atomic E-state index is 11.3. The Hall–Kier alpha value is -1.32. The van der Waals surface area contributed by atoms with Gasteiger partial charge in [0.05, 0.1) is 12.8 Å². The fourth-order valence-corrected chi connectivity index (χ4v) is 2.00. The van der Waals surface area contributed by atoms with E-state index in [4.69, 9.17) is 0 Å². The van der Waals surface area contributed by atoms with Gasteiger partial charge in [0.2, 0.25) is 5.82 Å². The number of carbonyl (C=O) groups excluding carboxylic acids is 1. The normalized spacial score (nSPS) is 16.3. The fraction of sp³-hybridized carbons (Fsp3) is 0.636. The Morgan fingerprint density at radius 1 is 1.27 bits per heavy atom. The highest BCUT2D eigenvalue weighted by atomic mass is 16.5. The van der Waals surface area contributed by atoms with E-state index in [1.54, 1.807) is 0 Å². The number of hydrogen-bond acceptors (Lipinski definition) is 3. The van der Waals surface area contributed by atoms with Crippen molar-refractivity contribution in [3.8, 4) is 0 Å². The van der Waals surface area contributed by atoms with E-state index in [1.807, 2.05) is 0 Å². The molecule has 4 heteroatoms. The van der Waals surface area contributed by atoms with E-state index in [1.165, 1.54) is 32.8 Å². The molecule has 82 valence electrons. The molecule has 1 aromatic heterocycles. The predicted octanol–water partition coefficient (Wildman–Crippen LogP) is 1.86. The third-order valence-electron chi connectivity index (χ3n) is 2.83. The molecule has 0 atom stereocenters. The van der Waals surface area contributed by atoms with Crippen LogP contribution in [0.25, 0.3) is 0 Å². The molecule has 0 radical (unpaired) electrons. The minimum Gasteiger partial charge on any atom is -0.463 e. The van der Waals surface area contributed by atoms with Crippen molar-refractivity contribution in [3.63, 3.8) is 0 Å². The number of imidazole rings is 1. The van der Waals surface area contributed by atoms with Gasteiger partial charge in [-0.1, -0.05) is 12.8 Å². The van der Waals surface area contributed by atoms with Gasteiger partial charge in [0.1, 0.15) is 0 Å². The van der Waals surface area contributed by atoms with Crippen LogP contribution in [0.3, 0.4) is 0 Å². The van der Waals surface area contributed by atoms with Crippen molar-refractivity contribution in [2.45, 2.75) is 38.5 Å². The van der Waals surface area contributed by atoms with Crippen LogP contribution < -0.4 is 0 Å². The van der Waals surface area contributed by atoms with E-state index in [0.29, 0.717) is 5.82 Å². The molecule has 0 saturated heterocycles. The van der Waals surface area contributed by atoms with Crippen molar-refractivity contribution >= 4 is 5.97 Å². The van der Waals surface area contributed by atoms with E-state index >= 15 is 0 Å². The lowest BCUT2D eigenvalue weighted by molar-refractivity contribution is 0.0587. The second kappa shape index (κ2) is 4.47. The number of carbonyl (C=O) groups is 1. The highest BCUT2D eigenvalue weighted by Crippen LogP contribution is 2.18. The number of H-pyrrole nitrogens is 1. The van der Waals surface area contributed by atoms with Crippen molar-refractivity contribution < 1.29 is 9.53 Å². The number of nitrogens with one attached hydrogen (secondary N) is 1. The second-order valence-electron chi connectivity index (χ2n) is 3.92. The molecule has 1 N–H and O–H groups in total. The first kappa shape index (κ1) is 10.2. The summed E-state index contributed by atoms with van der Waals surface area (Å²) in [5.74, 6) is -0.0221. The SMILES string of the molecule is COC(=O)c1nc2c([nH]1)CCCCCC2. The minimum atomic E-state index is -0.373. The summed E-state index contributed by atoms with van der Waals surface area (Å²) < 4.78 is 4.64. The Bertz CT molecular complexity index is 332. The lowest BCUT2D eigenvalue weighted by atomic mass is 10.0. The van der Waals surface area contributed by atoms with Crippen molar-refractivity contribution in [2.75, 3.05) is 7.11 Å². The molecule has 0 saturated carbocycles. The molecular weight excluding hydrogens is 192 g/mol. The Balaban J connectivity index is 2.23. The van der Waals surface area contributed by atoms with Crippen LogP contribution in [0.4, 0.5) is 0 Å². The molecule has 2 rings (SSSR count). The molecule has 1 heterocycles. The molecule has 0 amide bonds. The van der Waals surface area contributed by atoms with Crippen LogP contribution in [0, 0.1) is 0 Å². The summed E-state index contributed by atoms with van der Waals surface area (Å²) in [6, 6.07) is 0. The monoisotopic (exact) mass is 208 g/mol. The van der Waals surface area contributed by atoms with Crippen LogP contribution in [-0.2, 0) is 17.6 Å². The van der Waals surface area contributed by atoms with Crippen LogP contribution in [0.15, 0.2) is 0 Å². The first-order valence-electron chi connectivity index (χ1n) is 5.47. The van der Waals surface area contributed by atoms with Crippen molar-refractivity contribution in [2.24, 2.45) is 0 Å². The van der Waals surface area contributed by atoms with E-state index in [9.17, 15) is 4.79 Å². The number of fused-ring (bicyclic) bond motifs is 1. The molecule has 0 spiro atoms. The van der Waals surface area contributed by atoms with Gasteiger partial charge in [0.25, 0.3) is 0 Å². The van der Waals surface area contributed by atoms with E-state index < -0.39 is 0 Å². The average Bonchev–Trinajstić information content (AvgIpc) is 2.60. The van der Waals surface area contributed by atoms with Gasteiger partial charge >= 0.3 is 5.97 Å². The molecule has 0 unspecified atom stereocenters. The van der Waals surface area contributed by atoms with Gasteiger partial charge in [-0.25, -0.2) is 9.78 Å². The molecular formula is C11H16N2O2. The van der Waals surface area contributed by atoms with Gasteiger partial charge < -0.3 is 9.72 Å². The number of aromatic nitrogens is 2. The van der Waals surface area contributed by atoms with Gasteiger partial charge in [0, 0.05) is 5.69 Å². The first-order valence-corrected chi connectivity index (χ1v) is 5.47. The summed E-state index contributed by atoms with van der Waals surface area (Å²) >= 11 is 0. The number of rotatable bonds is 1. The third kappa shape index (κ3) is 2.19. The molecule has 15 heavy (non-hydrogen) atoms. The standard InChI is InChI=1S/C11H16N2O2/c1-15-11(14)10-12-8-6-4-2-3-5-7-9(8)13-10/h2-7H2,1H3,(H,12,13). The van der Waals surface area contributed by atoms with Crippen LogP contribution in [0.1, 0.15) is 47.7 Å². The van der Waals surface area contributed by atoms with Crippen molar-refractivity contribution in [1.82, 2.24) is 9.97 Å². The van der Waals surface area contributed by atoms with E-state index in [2.05, 4.69) is 14.7 Å². The average molecular weight is 208 g/mol. The van der Waals surface area contributed by atoms with Gasteiger partial charge in [-0.15, -0.1) is 0 Å². The zero-order chi connectivity index (χ0) is 10.7. The number of ether oxygens (including phenoxy) is 1. The molecule has 4 nitrogen and oxygen atoms in total. The second-order valence-corrected chi connectivity index (χ2v) is 3.92. The Morgan fingerprint density at radius 3 is 2.73 bits per heavy atom. The van der Waals surface area contributed by atoms with E-state index in [0.717, 1.165) is 24.2 Å². The number of aryl methyl sites for hydroxylation is 2. The number of esters is 1. The third-order valence-corrected chi connectivity index (χ3v) is 2.83. The lowest BCUT2D eigenvalue weighted by Crippen LogP contribution is -2.03. The molecule has 0 aliphatic heterocycles. The molecule has 0 fully saturated rings. The zero-order valence-corrected chi connectivity index (χ0v) is 9.01. The number of hydrogen-bond donors (Lipinski definition) is 1. The number of methoxy groups -OCH3 is 1. The van der Waals surface area contributed by atoms with Gasteiger partial charge in [-0.2, -0.15) is 0 Å². The molecule has 1 aliphatic carbocycles. The highest BCUT2D eigenvalue weighted by Gasteiger charge is 2.16. The van der Waals surface area contributed by atoms with Crippen LogP contribution in [-0.4, -0.2) is 23.0 Å². The summed E-state index contributed by atoms with van der Waals surface area (Å²) in [6.07, 6.45) is 6.85. The maximum atomic E-state index is 11.3. The van der Waals surface area contributed by atoms with Crippen LogP contribution >= 0.6 is 0 Å². The maximum Gasteiger partial charge on any atom is 0.374 e. The molecule has 1 aliphatic rings. The smallest absolute Gasteiger partial charge is 0.374 e. The lowest BCUT2D eigenvalue weighted by Gasteiger charge is -2.06. The van der Waals surface area contributed by atoms with Crippen LogP contribution in [0.5, 0.6) is 0 Å². The number of nitrogens with zero attached hydrogens (tertiary/aromatic N) is 1. The first-order chi connectivity index (χ1) is 7.31. The summed E-state index contributed by atoms with van der Waals surface area (Å²) in [4.78, 5) is 18.6. The highest BCUT2D eigenvalue weighted by molar-refractivity contribution is 5.85. The Morgan fingerprint density at radius 2 is 2.00 bits per heavy atom. The summed E-state index contributed by atoms with van der Waals surface area (Å²) in [5.41, 5.74) is 2.17. The fourth-order valence-electron chi connectivity index (χ4n) is 2.00. The van der Waals surface area contributed by atoms with E-state index in [-0.39, 0.29) is 5.97 Å². The molecule has 0 aromatic carbocycles. The predicted molar refractivity (Wildman–Crippen MR) is 55.8 cm³/mol.